The van der Waals surface area contributed by atoms with E-state index in [9.17, 15) is 14.0 Å². The van der Waals surface area contributed by atoms with Crippen LogP contribution in [-0.2, 0) is 23.1 Å². The van der Waals surface area contributed by atoms with E-state index in [2.05, 4.69) is 10.1 Å². The number of pyridine rings is 1. The Kier molecular flexibility index (Phi) is 5.39. The Morgan fingerprint density at radius 2 is 1.89 bits per heavy atom. The third-order valence-corrected chi connectivity index (χ3v) is 4.40. The molecule has 0 unspecified atom stereocenters. The fraction of sp³-hybridized carbons (Fsp3) is 0.300. The largest absolute Gasteiger partial charge is 0.452 e. The van der Waals surface area contributed by atoms with Crippen molar-refractivity contribution in [2.45, 2.75) is 20.4 Å². The Morgan fingerprint density at radius 1 is 1.21 bits per heavy atom. The van der Waals surface area contributed by atoms with Crippen molar-refractivity contribution in [2.75, 3.05) is 13.7 Å². The number of esters is 1. The van der Waals surface area contributed by atoms with Gasteiger partial charge in [0.1, 0.15) is 5.82 Å². The van der Waals surface area contributed by atoms with Crippen molar-refractivity contribution in [1.29, 1.82) is 0 Å². The number of nitrogens with zero attached hydrogens (tertiary/aromatic N) is 4. The van der Waals surface area contributed by atoms with Gasteiger partial charge in [0, 0.05) is 26.3 Å². The van der Waals surface area contributed by atoms with Crippen LogP contribution in [0, 0.1) is 19.7 Å². The highest BCUT2D eigenvalue weighted by atomic mass is 19.1. The lowest BCUT2D eigenvalue weighted by Gasteiger charge is -2.17. The Hall–Kier alpha value is -3.29. The maximum atomic E-state index is 13.0. The minimum atomic E-state index is -0.602. The second-order valence-electron chi connectivity index (χ2n) is 6.67. The van der Waals surface area contributed by atoms with E-state index in [4.69, 9.17) is 4.74 Å². The van der Waals surface area contributed by atoms with Gasteiger partial charge in [-0.05, 0) is 37.6 Å². The minimum absolute atomic E-state index is 0.289. The molecule has 28 heavy (non-hydrogen) atoms. The van der Waals surface area contributed by atoms with Crippen molar-refractivity contribution in [3.05, 3.63) is 58.7 Å². The number of ether oxygens (including phenoxy) is 1. The van der Waals surface area contributed by atoms with Crippen LogP contribution in [0.2, 0.25) is 0 Å². The van der Waals surface area contributed by atoms with Gasteiger partial charge in [0.2, 0.25) is 0 Å². The summed E-state index contributed by atoms with van der Waals surface area (Å²) in [7, 11) is 3.35. The van der Waals surface area contributed by atoms with Gasteiger partial charge >= 0.3 is 5.97 Å². The van der Waals surface area contributed by atoms with Gasteiger partial charge in [0.25, 0.3) is 5.91 Å². The molecule has 0 bridgehead atoms. The van der Waals surface area contributed by atoms with Crippen LogP contribution >= 0.6 is 0 Å². The molecule has 0 aliphatic rings. The average Bonchev–Trinajstić information content (AvgIpc) is 2.94. The number of hydrogen-bond donors (Lipinski definition) is 0. The third-order valence-electron chi connectivity index (χ3n) is 4.40. The highest BCUT2D eigenvalue weighted by Crippen LogP contribution is 2.22. The molecular weight excluding hydrogens is 363 g/mol. The molecule has 0 aliphatic heterocycles. The molecule has 2 heterocycles. The van der Waals surface area contributed by atoms with Crippen LogP contribution < -0.4 is 0 Å². The number of amides is 1. The first-order valence-corrected chi connectivity index (χ1v) is 8.72. The summed E-state index contributed by atoms with van der Waals surface area (Å²) in [6.45, 7) is 3.47. The predicted molar refractivity (Wildman–Crippen MR) is 101 cm³/mol. The van der Waals surface area contributed by atoms with E-state index in [0.717, 1.165) is 5.56 Å². The van der Waals surface area contributed by atoms with Gasteiger partial charge in [0.15, 0.2) is 12.3 Å². The van der Waals surface area contributed by atoms with Crippen LogP contribution in [0.1, 0.15) is 27.3 Å². The van der Waals surface area contributed by atoms with Crippen molar-refractivity contribution in [3.63, 3.8) is 0 Å². The van der Waals surface area contributed by atoms with E-state index < -0.39 is 12.6 Å². The molecule has 0 saturated heterocycles. The van der Waals surface area contributed by atoms with Crippen molar-refractivity contribution in [3.8, 4) is 0 Å². The third kappa shape index (κ3) is 4.00. The topological polar surface area (TPSA) is 77.3 Å². The highest BCUT2D eigenvalue weighted by molar-refractivity contribution is 6.04. The molecule has 0 fully saturated rings. The van der Waals surface area contributed by atoms with E-state index in [0.29, 0.717) is 28.0 Å². The lowest BCUT2D eigenvalue weighted by atomic mass is 10.1. The van der Waals surface area contributed by atoms with Gasteiger partial charge in [-0.3, -0.25) is 9.48 Å². The summed E-state index contributed by atoms with van der Waals surface area (Å²) in [4.78, 5) is 30.7. The van der Waals surface area contributed by atoms with Crippen molar-refractivity contribution < 1.29 is 18.7 Å². The lowest BCUT2D eigenvalue weighted by molar-refractivity contribution is -0.133. The number of carbonyl (C=O) groups excluding carboxylic acids is 2. The highest BCUT2D eigenvalue weighted by Gasteiger charge is 2.20. The Labute approximate surface area is 161 Å². The zero-order valence-corrected chi connectivity index (χ0v) is 16.2. The van der Waals surface area contributed by atoms with Gasteiger partial charge in [-0.1, -0.05) is 12.1 Å². The van der Waals surface area contributed by atoms with Crippen LogP contribution in [0.5, 0.6) is 0 Å². The number of benzene rings is 1. The minimum Gasteiger partial charge on any atom is -0.452 e. The summed E-state index contributed by atoms with van der Waals surface area (Å²) in [5.74, 6) is -1.30. The van der Waals surface area contributed by atoms with Gasteiger partial charge in [-0.25, -0.2) is 14.2 Å². The number of likely N-dealkylation sites (N-methyl/N-ethyl adjacent to an activating group) is 1. The molecule has 1 aromatic carbocycles. The van der Waals surface area contributed by atoms with E-state index in [1.54, 1.807) is 50.8 Å². The first-order chi connectivity index (χ1) is 13.3. The molecule has 0 atom stereocenters. The molecular formula is C20H21FN4O3. The first-order valence-electron chi connectivity index (χ1n) is 8.72. The molecule has 0 aliphatic carbocycles. The predicted octanol–water partition coefficient (Wildman–Crippen LogP) is 2.54. The Balaban J connectivity index is 1.69. The fourth-order valence-electron chi connectivity index (χ4n) is 3.00. The van der Waals surface area contributed by atoms with Crippen LogP contribution in [0.4, 0.5) is 4.39 Å². The molecule has 0 saturated carbocycles. The van der Waals surface area contributed by atoms with Gasteiger partial charge in [-0.2, -0.15) is 5.10 Å². The van der Waals surface area contributed by atoms with Crippen LogP contribution in [0.15, 0.2) is 30.3 Å². The summed E-state index contributed by atoms with van der Waals surface area (Å²) < 4.78 is 19.8. The number of rotatable bonds is 5. The maximum absolute atomic E-state index is 13.0. The number of carbonyl (C=O) groups is 2. The normalized spacial score (nSPS) is 10.9. The van der Waals surface area contributed by atoms with Gasteiger partial charge in [-0.15, -0.1) is 0 Å². The monoisotopic (exact) mass is 384 g/mol. The SMILES string of the molecule is Cc1cc(C(=O)OCC(=O)N(C)Cc2ccc(F)cc2)c2c(C)nn(C)c2n1. The van der Waals surface area contributed by atoms with Crippen LogP contribution in [0.3, 0.4) is 0 Å². The zero-order chi connectivity index (χ0) is 20.4. The molecule has 146 valence electrons. The van der Waals surface area contributed by atoms with Crippen molar-refractivity contribution in [1.82, 2.24) is 19.7 Å². The summed E-state index contributed by atoms with van der Waals surface area (Å²) in [6.07, 6.45) is 0. The Bertz CT molecular complexity index is 1040. The molecule has 7 nitrogen and oxygen atoms in total. The molecule has 8 heteroatoms. The molecule has 2 aromatic heterocycles. The van der Waals surface area contributed by atoms with Crippen LogP contribution in [0.25, 0.3) is 11.0 Å². The lowest BCUT2D eigenvalue weighted by Crippen LogP contribution is -2.30. The molecule has 0 spiro atoms. The van der Waals surface area contributed by atoms with Crippen molar-refractivity contribution >= 4 is 22.9 Å². The van der Waals surface area contributed by atoms with Gasteiger partial charge in [0.05, 0.1) is 16.6 Å². The number of hydrogen-bond acceptors (Lipinski definition) is 5. The molecule has 3 rings (SSSR count). The van der Waals surface area contributed by atoms with E-state index in [1.165, 1.54) is 17.0 Å². The second kappa shape index (κ2) is 7.75. The second-order valence-corrected chi connectivity index (χ2v) is 6.67. The summed E-state index contributed by atoms with van der Waals surface area (Å²) in [5, 5.41) is 4.91. The number of halogens is 1. The summed E-state index contributed by atoms with van der Waals surface area (Å²) in [5.41, 5.74) is 3.02. The summed E-state index contributed by atoms with van der Waals surface area (Å²) in [6, 6.07) is 7.51. The average molecular weight is 384 g/mol. The maximum Gasteiger partial charge on any atom is 0.339 e. The van der Waals surface area contributed by atoms with E-state index >= 15 is 0 Å². The van der Waals surface area contributed by atoms with Crippen molar-refractivity contribution in [2.24, 2.45) is 7.05 Å². The van der Waals surface area contributed by atoms with E-state index in [1.807, 2.05) is 0 Å². The van der Waals surface area contributed by atoms with Crippen LogP contribution in [-0.4, -0.2) is 45.2 Å². The van der Waals surface area contributed by atoms with Gasteiger partial charge < -0.3 is 9.64 Å². The summed E-state index contributed by atoms with van der Waals surface area (Å²) >= 11 is 0. The van der Waals surface area contributed by atoms with E-state index in [-0.39, 0.29) is 18.3 Å². The molecule has 0 radical (unpaired) electrons. The standard InChI is InChI=1S/C20H21FN4O3/c1-12-9-16(18-13(2)23-25(4)19(18)22-12)20(27)28-11-17(26)24(3)10-14-5-7-15(21)8-6-14/h5-9H,10-11H2,1-4H3. The first kappa shape index (κ1) is 19.5. The fourth-order valence-corrected chi connectivity index (χ4v) is 3.00. The molecule has 0 N–H and O–H groups in total. The number of aromatic nitrogens is 3. The zero-order valence-electron chi connectivity index (χ0n) is 16.2. The number of aryl methyl sites for hydroxylation is 3. The number of fused-ring (bicyclic) bond motifs is 1. The quantitative estimate of drug-likeness (QED) is 0.632. The Morgan fingerprint density at radius 3 is 2.57 bits per heavy atom. The molecule has 3 aromatic rings. The smallest absolute Gasteiger partial charge is 0.339 e. The molecule has 1 amide bonds.